The third kappa shape index (κ3) is 3.45. The number of hydrogen-bond acceptors (Lipinski definition) is 3. The molecule has 4 rings (SSSR count). The number of nitrogens with zero attached hydrogens (tertiary/aromatic N) is 2. The number of rotatable bonds is 3. The van der Waals surface area contributed by atoms with E-state index in [4.69, 9.17) is 0 Å². The van der Waals surface area contributed by atoms with Crippen molar-refractivity contribution in [1.82, 2.24) is 9.97 Å². The van der Waals surface area contributed by atoms with Crippen LogP contribution in [0.4, 0.5) is 0 Å². The van der Waals surface area contributed by atoms with Crippen molar-refractivity contribution in [3.8, 4) is 32.1 Å². The minimum atomic E-state index is 0. The third-order valence-electron chi connectivity index (χ3n) is 3.71. The van der Waals surface area contributed by atoms with Gasteiger partial charge in [-0.05, 0) is 28.8 Å². The first-order valence-electron chi connectivity index (χ1n) is 7.42. The van der Waals surface area contributed by atoms with E-state index in [9.17, 15) is 0 Å². The lowest BCUT2D eigenvalue weighted by Crippen LogP contribution is -3.00. The van der Waals surface area contributed by atoms with Crippen LogP contribution in [0.3, 0.4) is 0 Å². The molecule has 0 bridgehead atoms. The Bertz CT molecular complexity index is 903. The van der Waals surface area contributed by atoms with Crippen LogP contribution in [0.2, 0.25) is 0 Å². The molecule has 0 spiro atoms. The molecule has 0 fully saturated rings. The highest BCUT2D eigenvalue weighted by Crippen LogP contribution is 2.32. The molecule has 4 heteroatoms. The van der Waals surface area contributed by atoms with Gasteiger partial charge in [0, 0.05) is 24.2 Å². The minimum Gasteiger partial charge on any atom is -1.00 e. The summed E-state index contributed by atoms with van der Waals surface area (Å²) < 4.78 is 0. The summed E-state index contributed by atoms with van der Waals surface area (Å²) in [5.41, 5.74) is 4.77. The molecule has 4 aromatic rings. The summed E-state index contributed by atoms with van der Waals surface area (Å²) in [5, 5.41) is 1.02. The highest BCUT2D eigenvalue weighted by molar-refractivity contribution is 7.18. The highest BCUT2D eigenvalue weighted by Gasteiger charge is 2.06. The van der Waals surface area contributed by atoms with Crippen LogP contribution < -0.4 is 17.0 Å². The smallest absolute Gasteiger partial charge is 0.123 e. The average Bonchev–Trinajstić information content (AvgIpc) is 3.14. The van der Waals surface area contributed by atoms with Crippen LogP contribution in [0.5, 0.6) is 0 Å². The topological polar surface area (TPSA) is 25.8 Å². The molecule has 118 valence electrons. The predicted molar refractivity (Wildman–Crippen MR) is 96.2 cm³/mol. The molecule has 0 N–H and O–H groups in total. The Balaban J connectivity index is 0.00000169. The van der Waals surface area contributed by atoms with Gasteiger partial charge >= 0.3 is 0 Å². The molecule has 0 aliphatic heterocycles. The molecule has 2 aromatic heterocycles. The van der Waals surface area contributed by atoms with Gasteiger partial charge in [-0.3, -0.25) is 4.98 Å². The number of pyridine rings is 1. The van der Waals surface area contributed by atoms with Gasteiger partial charge in [0.25, 0.3) is 0 Å². The second kappa shape index (κ2) is 7.51. The van der Waals surface area contributed by atoms with Crippen molar-refractivity contribution < 1.29 is 17.0 Å². The monoisotopic (exact) mass is 393 g/mol. The summed E-state index contributed by atoms with van der Waals surface area (Å²) in [6, 6.07) is 23.0. The predicted octanol–water partition coefficient (Wildman–Crippen LogP) is 2.54. The molecule has 0 saturated carbocycles. The van der Waals surface area contributed by atoms with Crippen LogP contribution in [0.25, 0.3) is 32.1 Å². The van der Waals surface area contributed by atoms with E-state index in [1.807, 2.05) is 24.4 Å². The van der Waals surface area contributed by atoms with Gasteiger partial charge in [0.1, 0.15) is 5.01 Å². The molecule has 0 aliphatic rings. The van der Waals surface area contributed by atoms with Gasteiger partial charge in [-0.1, -0.05) is 54.6 Å². The number of aromatic nitrogens is 2. The fourth-order valence-electron chi connectivity index (χ4n) is 2.49. The molecule has 0 unspecified atom stereocenters. The maximum atomic E-state index is 4.53. The maximum Gasteiger partial charge on any atom is 0.123 e. The number of thiazole rings is 1. The Labute approximate surface area is 155 Å². The van der Waals surface area contributed by atoms with Crippen molar-refractivity contribution >= 4 is 11.3 Å². The lowest BCUT2D eigenvalue weighted by Gasteiger charge is -2.02. The zero-order chi connectivity index (χ0) is 15.5. The molecule has 2 aromatic carbocycles. The van der Waals surface area contributed by atoms with Crippen LogP contribution in [-0.2, 0) is 0 Å². The molecule has 0 atom stereocenters. The molecule has 0 amide bonds. The van der Waals surface area contributed by atoms with Gasteiger partial charge in [0.2, 0.25) is 0 Å². The summed E-state index contributed by atoms with van der Waals surface area (Å²) in [6.07, 6.45) is 5.54. The highest BCUT2D eigenvalue weighted by atomic mass is 79.9. The zero-order valence-electron chi connectivity index (χ0n) is 12.8. The molecular weight excluding hydrogens is 380 g/mol. The van der Waals surface area contributed by atoms with E-state index in [-0.39, 0.29) is 17.0 Å². The number of benzene rings is 2. The lowest BCUT2D eigenvalue weighted by atomic mass is 10.0. The van der Waals surface area contributed by atoms with Crippen molar-refractivity contribution in [3.05, 3.63) is 85.3 Å². The van der Waals surface area contributed by atoms with Gasteiger partial charge in [0.15, 0.2) is 0 Å². The SMILES string of the molecule is [Br-].c1ccc(-c2ccc(-c3cnc(-c4ccncc4)s3)cc2)cc1. The van der Waals surface area contributed by atoms with Crippen LogP contribution in [-0.4, -0.2) is 9.97 Å². The molecule has 0 saturated heterocycles. The number of halogens is 1. The van der Waals surface area contributed by atoms with Crippen molar-refractivity contribution in [2.75, 3.05) is 0 Å². The van der Waals surface area contributed by atoms with E-state index in [2.05, 4.69) is 58.5 Å². The van der Waals surface area contributed by atoms with E-state index < -0.39 is 0 Å². The van der Waals surface area contributed by atoms with Crippen LogP contribution in [0.15, 0.2) is 85.3 Å². The molecule has 2 heterocycles. The first-order chi connectivity index (χ1) is 11.4. The normalized spacial score (nSPS) is 10.2. The van der Waals surface area contributed by atoms with Gasteiger partial charge in [-0.15, -0.1) is 11.3 Å². The van der Waals surface area contributed by atoms with Crippen molar-refractivity contribution in [3.63, 3.8) is 0 Å². The van der Waals surface area contributed by atoms with E-state index in [0.29, 0.717) is 0 Å². The summed E-state index contributed by atoms with van der Waals surface area (Å²) in [6.45, 7) is 0. The van der Waals surface area contributed by atoms with E-state index in [0.717, 1.165) is 10.6 Å². The van der Waals surface area contributed by atoms with Gasteiger partial charge in [-0.25, -0.2) is 4.98 Å². The molecule has 0 aliphatic carbocycles. The molecular formula is C20H14BrN2S-. The largest absolute Gasteiger partial charge is 1.00 e. The van der Waals surface area contributed by atoms with Gasteiger partial charge < -0.3 is 17.0 Å². The molecule has 24 heavy (non-hydrogen) atoms. The Morgan fingerprint density at radius 3 is 1.96 bits per heavy atom. The number of hydrogen-bond donors (Lipinski definition) is 0. The van der Waals surface area contributed by atoms with E-state index >= 15 is 0 Å². The second-order valence-corrected chi connectivity index (χ2v) is 6.24. The summed E-state index contributed by atoms with van der Waals surface area (Å²) in [7, 11) is 0. The molecule has 2 nitrogen and oxygen atoms in total. The fourth-order valence-corrected chi connectivity index (χ4v) is 3.42. The van der Waals surface area contributed by atoms with Crippen molar-refractivity contribution in [2.24, 2.45) is 0 Å². The first kappa shape index (κ1) is 16.6. The lowest BCUT2D eigenvalue weighted by molar-refractivity contribution is -0.00000443. The zero-order valence-corrected chi connectivity index (χ0v) is 15.2. The Morgan fingerprint density at radius 2 is 1.25 bits per heavy atom. The molecule has 0 radical (unpaired) electrons. The van der Waals surface area contributed by atoms with Crippen LogP contribution in [0.1, 0.15) is 0 Å². The average molecular weight is 394 g/mol. The minimum absolute atomic E-state index is 0. The van der Waals surface area contributed by atoms with Crippen molar-refractivity contribution in [1.29, 1.82) is 0 Å². The quantitative estimate of drug-likeness (QED) is 0.534. The van der Waals surface area contributed by atoms with E-state index in [1.165, 1.54) is 21.6 Å². The Morgan fingerprint density at radius 1 is 0.625 bits per heavy atom. The third-order valence-corrected chi connectivity index (χ3v) is 4.80. The van der Waals surface area contributed by atoms with Gasteiger partial charge in [0.05, 0.1) is 4.88 Å². The van der Waals surface area contributed by atoms with Gasteiger partial charge in [-0.2, -0.15) is 0 Å². The Hall–Kier alpha value is -2.30. The van der Waals surface area contributed by atoms with E-state index in [1.54, 1.807) is 23.7 Å². The summed E-state index contributed by atoms with van der Waals surface area (Å²) in [5.74, 6) is 0. The van der Waals surface area contributed by atoms with Crippen LogP contribution in [0, 0.1) is 0 Å². The summed E-state index contributed by atoms with van der Waals surface area (Å²) >= 11 is 1.70. The fraction of sp³-hybridized carbons (Fsp3) is 0. The maximum absolute atomic E-state index is 4.53. The van der Waals surface area contributed by atoms with Crippen molar-refractivity contribution in [2.45, 2.75) is 0 Å². The standard InChI is InChI=1S/C20H14N2S.BrH/c1-2-4-15(5-3-1)16-6-8-17(9-7-16)19-14-22-20(23-19)18-10-12-21-13-11-18;/h1-14H;1H/p-1. The Kier molecular flexibility index (Phi) is 5.18. The van der Waals surface area contributed by atoms with Crippen LogP contribution >= 0.6 is 11.3 Å². The second-order valence-electron chi connectivity index (χ2n) is 5.21. The first-order valence-corrected chi connectivity index (χ1v) is 8.24. The summed E-state index contributed by atoms with van der Waals surface area (Å²) in [4.78, 5) is 9.76.